The van der Waals surface area contributed by atoms with Crippen LogP contribution in [0.25, 0.3) is 0 Å². The van der Waals surface area contributed by atoms with E-state index < -0.39 is 0 Å². The van der Waals surface area contributed by atoms with Crippen LogP contribution in [0.1, 0.15) is 51.0 Å². The number of carbonyl (C=O) groups is 1. The van der Waals surface area contributed by atoms with Gasteiger partial charge in [0, 0.05) is 17.9 Å². The van der Waals surface area contributed by atoms with Gasteiger partial charge in [0.2, 0.25) is 0 Å². The molecule has 1 aromatic carbocycles. The first-order chi connectivity index (χ1) is 13.0. The molecule has 0 spiro atoms. The second-order valence-corrected chi connectivity index (χ2v) is 9.16. The zero-order valence-corrected chi connectivity index (χ0v) is 16.3. The number of benzene rings is 1. The molecular formula is C23H29N3O. The molecule has 4 nitrogen and oxygen atoms in total. The van der Waals surface area contributed by atoms with Gasteiger partial charge in [-0.05, 0) is 87.7 Å². The summed E-state index contributed by atoms with van der Waals surface area (Å²) in [6.45, 7) is 4.23. The van der Waals surface area contributed by atoms with Gasteiger partial charge in [0.1, 0.15) is 11.6 Å². The summed E-state index contributed by atoms with van der Waals surface area (Å²) in [5, 5.41) is 15.7. The summed E-state index contributed by atoms with van der Waals surface area (Å²) in [5.41, 5.74) is 2.32. The van der Waals surface area contributed by atoms with Gasteiger partial charge in [-0.1, -0.05) is 17.7 Å². The highest BCUT2D eigenvalue weighted by atomic mass is 16.1. The van der Waals surface area contributed by atoms with Crippen molar-refractivity contribution in [2.75, 3.05) is 5.32 Å². The molecule has 0 radical (unpaired) electrons. The van der Waals surface area contributed by atoms with Crippen molar-refractivity contribution in [1.29, 1.82) is 5.26 Å². The van der Waals surface area contributed by atoms with E-state index in [-0.39, 0.29) is 11.5 Å². The summed E-state index contributed by atoms with van der Waals surface area (Å²) in [6, 6.07) is 9.94. The summed E-state index contributed by atoms with van der Waals surface area (Å²) in [7, 11) is 0. The highest BCUT2D eigenvalue weighted by molar-refractivity contribution is 6.06. The van der Waals surface area contributed by atoms with Crippen LogP contribution in [0, 0.1) is 41.4 Å². The lowest BCUT2D eigenvalue weighted by Gasteiger charge is -2.59. The smallest absolute Gasteiger partial charge is 0.267 e. The summed E-state index contributed by atoms with van der Waals surface area (Å²) in [6.07, 6.45) is 9.81. The fourth-order valence-corrected chi connectivity index (χ4v) is 6.08. The van der Waals surface area contributed by atoms with Gasteiger partial charge in [0.25, 0.3) is 5.91 Å². The molecule has 1 aromatic rings. The van der Waals surface area contributed by atoms with Gasteiger partial charge in [0.15, 0.2) is 0 Å². The highest BCUT2D eigenvalue weighted by Crippen LogP contribution is 2.61. The number of carbonyl (C=O) groups excluding carboxylic acids is 1. The molecule has 2 N–H and O–H groups in total. The SMILES string of the molecule is Cc1ccc(NC(=O)/C(C#N)=C\NC(C)C23CC4CC(CC(C4)C2)C3)cc1. The van der Waals surface area contributed by atoms with Crippen LogP contribution in [0.15, 0.2) is 36.0 Å². The normalized spacial score (nSPS) is 32.6. The quantitative estimate of drug-likeness (QED) is 0.596. The van der Waals surface area contributed by atoms with Crippen LogP contribution in [-0.4, -0.2) is 11.9 Å². The van der Waals surface area contributed by atoms with E-state index in [9.17, 15) is 10.1 Å². The maximum atomic E-state index is 12.4. The second-order valence-electron chi connectivity index (χ2n) is 9.16. The van der Waals surface area contributed by atoms with Crippen molar-refractivity contribution in [2.45, 2.75) is 58.4 Å². The number of hydrogen-bond donors (Lipinski definition) is 2. The summed E-state index contributed by atoms with van der Waals surface area (Å²) in [5.74, 6) is 2.32. The predicted octanol–water partition coefficient (Wildman–Crippen LogP) is 4.54. The third kappa shape index (κ3) is 3.60. The van der Waals surface area contributed by atoms with Gasteiger partial charge in [-0.25, -0.2) is 0 Å². The van der Waals surface area contributed by atoms with Gasteiger partial charge in [-0.3, -0.25) is 4.79 Å². The van der Waals surface area contributed by atoms with Crippen molar-refractivity contribution in [3.8, 4) is 6.07 Å². The fourth-order valence-electron chi connectivity index (χ4n) is 6.08. The zero-order valence-electron chi connectivity index (χ0n) is 16.3. The third-order valence-corrected chi connectivity index (χ3v) is 7.16. The van der Waals surface area contributed by atoms with Crippen molar-refractivity contribution in [3.05, 3.63) is 41.6 Å². The van der Waals surface area contributed by atoms with E-state index in [0.29, 0.717) is 17.1 Å². The Morgan fingerprint density at radius 3 is 2.22 bits per heavy atom. The van der Waals surface area contributed by atoms with Crippen molar-refractivity contribution >= 4 is 11.6 Å². The zero-order chi connectivity index (χ0) is 19.0. The van der Waals surface area contributed by atoms with Crippen molar-refractivity contribution in [1.82, 2.24) is 5.32 Å². The van der Waals surface area contributed by atoms with E-state index in [4.69, 9.17) is 0 Å². The Labute approximate surface area is 162 Å². The Hall–Kier alpha value is -2.28. The lowest BCUT2D eigenvalue weighted by molar-refractivity contribution is -0.112. The third-order valence-electron chi connectivity index (χ3n) is 7.16. The highest BCUT2D eigenvalue weighted by Gasteiger charge is 2.52. The van der Waals surface area contributed by atoms with Crippen LogP contribution in [0.4, 0.5) is 5.69 Å². The van der Waals surface area contributed by atoms with E-state index >= 15 is 0 Å². The number of nitrogens with one attached hydrogen (secondary N) is 2. The molecule has 142 valence electrons. The number of hydrogen-bond acceptors (Lipinski definition) is 3. The molecule has 5 rings (SSSR count). The van der Waals surface area contributed by atoms with Crippen LogP contribution < -0.4 is 10.6 Å². The van der Waals surface area contributed by atoms with E-state index in [2.05, 4.69) is 17.6 Å². The molecule has 1 atom stereocenters. The molecule has 1 unspecified atom stereocenters. The first-order valence-corrected chi connectivity index (χ1v) is 10.2. The lowest BCUT2D eigenvalue weighted by Crippen LogP contribution is -2.54. The molecule has 27 heavy (non-hydrogen) atoms. The van der Waals surface area contributed by atoms with Gasteiger partial charge >= 0.3 is 0 Å². The van der Waals surface area contributed by atoms with E-state index in [1.807, 2.05) is 37.3 Å². The maximum Gasteiger partial charge on any atom is 0.267 e. The van der Waals surface area contributed by atoms with E-state index in [0.717, 1.165) is 23.3 Å². The van der Waals surface area contributed by atoms with Crippen molar-refractivity contribution in [3.63, 3.8) is 0 Å². The monoisotopic (exact) mass is 363 g/mol. The molecule has 0 heterocycles. The average molecular weight is 364 g/mol. The first kappa shape index (κ1) is 18.1. The molecule has 4 aliphatic rings. The largest absolute Gasteiger partial charge is 0.387 e. The maximum absolute atomic E-state index is 12.4. The Morgan fingerprint density at radius 1 is 1.15 bits per heavy atom. The summed E-state index contributed by atoms with van der Waals surface area (Å²) in [4.78, 5) is 12.4. The fraction of sp³-hybridized carbons (Fsp3) is 0.565. The minimum atomic E-state index is -0.355. The van der Waals surface area contributed by atoms with Gasteiger partial charge in [0.05, 0.1) is 0 Å². The Balaban J connectivity index is 1.42. The van der Waals surface area contributed by atoms with Gasteiger partial charge in [-0.2, -0.15) is 5.26 Å². The number of nitriles is 1. The van der Waals surface area contributed by atoms with E-state index in [1.54, 1.807) is 6.20 Å². The summed E-state index contributed by atoms with van der Waals surface area (Å²) >= 11 is 0. The minimum absolute atomic E-state index is 0.132. The Morgan fingerprint density at radius 2 is 1.70 bits per heavy atom. The van der Waals surface area contributed by atoms with Crippen molar-refractivity contribution < 1.29 is 4.79 Å². The topological polar surface area (TPSA) is 64.9 Å². The first-order valence-electron chi connectivity index (χ1n) is 10.2. The molecular weight excluding hydrogens is 334 g/mol. The summed E-state index contributed by atoms with van der Waals surface area (Å²) < 4.78 is 0. The number of nitrogens with zero attached hydrogens (tertiary/aromatic N) is 1. The standard InChI is InChI=1S/C23H29N3O/c1-15-3-5-21(6-4-15)26-22(27)20(13-24)14-25-16(2)23-10-17-7-18(11-23)9-19(8-17)12-23/h3-6,14,16-19,25H,7-12H2,1-2H3,(H,26,27)/b20-14-. The van der Waals surface area contributed by atoms with Crippen LogP contribution in [0.2, 0.25) is 0 Å². The number of aryl methyl sites for hydroxylation is 1. The molecule has 4 aliphatic carbocycles. The minimum Gasteiger partial charge on any atom is -0.387 e. The van der Waals surface area contributed by atoms with Crippen LogP contribution >= 0.6 is 0 Å². The van der Waals surface area contributed by atoms with Crippen LogP contribution in [-0.2, 0) is 4.79 Å². The predicted molar refractivity (Wildman–Crippen MR) is 107 cm³/mol. The Bertz CT molecular complexity index is 752. The number of rotatable bonds is 5. The molecule has 0 aromatic heterocycles. The lowest BCUT2D eigenvalue weighted by atomic mass is 9.48. The average Bonchev–Trinajstić information content (AvgIpc) is 2.63. The Kier molecular flexibility index (Phi) is 4.72. The number of amides is 1. The molecule has 4 saturated carbocycles. The van der Waals surface area contributed by atoms with E-state index in [1.165, 1.54) is 38.5 Å². The number of anilines is 1. The second kappa shape index (κ2) is 7.03. The van der Waals surface area contributed by atoms with Crippen molar-refractivity contribution in [2.24, 2.45) is 23.2 Å². The van der Waals surface area contributed by atoms with Gasteiger partial charge < -0.3 is 10.6 Å². The molecule has 4 bridgehead atoms. The molecule has 4 heteroatoms. The van der Waals surface area contributed by atoms with Gasteiger partial charge in [-0.15, -0.1) is 0 Å². The molecule has 1 amide bonds. The van der Waals surface area contributed by atoms with Crippen LogP contribution in [0.3, 0.4) is 0 Å². The molecule has 0 saturated heterocycles. The molecule has 4 fully saturated rings. The van der Waals surface area contributed by atoms with Crippen LogP contribution in [0.5, 0.6) is 0 Å². The molecule has 0 aliphatic heterocycles.